The number of anilines is 1. The summed E-state index contributed by atoms with van der Waals surface area (Å²) in [5.41, 5.74) is -0.473. The number of nitrogens with zero attached hydrogens (tertiary/aromatic N) is 2. The van der Waals surface area contributed by atoms with Crippen LogP contribution in [-0.4, -0.2) is 17.9 Å². The van der Waals surface area contributed by atoms with E-state index in [2.05, 4.69) is 15.3 Å². The second-order valence-corrected chi connectivity index (χ2v) is 2.77. The monoisotopic (exact) mass is 201 g/mol. The Labute approximate surface area is 77.7 Å². The molecule has 2 heterocycles. The van der Waals surface area contributed by atoms with Crippen molar-refractivity contribution in [1.82, 2.24) is 4.98 Å². The third kappa shape index (κ3) is 1.43. The minimum atomic E-state index is -4.43. The number of fused-ring (bicyclic) bond motifs is 1. The molecule has 1 aliphatic heterocycles. The number of aliphatic imine (C=N–C) groups is 1. The van der Waals surface area contributed by atoms with Crippen LogP contribution in [0.5, 0.6) is 0 Å². The van der Waals surface area contributed by atoms with Crippen LogP contribution in [-0.2, 0) is 6.18 Å². The molecule has 0 aromatic carbocycles. The number of alkyl halides is 3. The van der Waals surface area contributed by atoms with Gasteiger partial charge in [-0.05, 0) is 6.07 Å². The van der Waals surface area contributed by atoms with Gasteiger partial charge in [-0.1, -0.05) is 0 Å². The van der Waals surface area contributed by atoms with E-state index in [9.17, 15) is 13.2 Å². The SMILES string of the molecule is FC(F)(F)c1nccc2c1C=NCN2. The molecule has 3 nitrogen and oxygen atoms in total. The minimum absolute atomic E-state index is 0.00579. The van der Waals surface area contributed by atoms with E-state index >= 15 is 0 Å². The molecule has 0 bridgehead atoms. The van der Waals surface area contributed by atoms with E-state index in [1.165, 1.54) is 12.3 Å². The first-order valence-corrected chi connectivity index (χ1v) is 3.89. The topological polar surface area (TPSA) is 37.3 Å². The summed E-state index contributed by atoms with van der Waals surface area (Å²) in [6.45, 7) is 0.300. The lowest BCUT2D eigenvalue weighted by Crippen LogP contribution is -2.17. The van der Waals surface area contributed by atoms with E-state index in [0.717, 1.165) is 6.20 Å². The van der Waals surface area contributed by atoms with Gasteiger partial charge in [0.15, 0.2) is 5.69 Å². The maximum atomic E-state index is 12.4. The van der Waals surface area contributed by atoms with E-state index in [1.54, 1.807) is 0 Å². The first-order valence-electron chi connectivity index (χ1n) is 3.89. The maximum absolute atomic E-state index is 12.4. The van der Waals surface area contributed by atoms with Gasteiger partial charge in [-0.2, -0.15) is 13.2 Å². The van der Waals surface area contributed by atoms with Gasteiger partial charge in [0.1, 0.15) is 6.67 Å². The summed E-state index contributed by atoms with van der Waals surface area (Å²) in [6.07, 6.45) is -2.11. The van der Waals surface area contributed by atoms with Gasteiger partial charge >= 0.3 is 6.18 Å². The van der Waals surface area contributed by atoms with Gasteiger partial charge in [-0.15, -0.1) is 0 Å². The molecule has 1 aromatic rings. The van der Waals surface area contributed by atoms with Crippen LogP contribution in [0.3, 0.4) is 0 Å². The van der Waals surface area contributed by atoms with Crippen molar-refractivity contribution < 1.29 is 13.2 Å². The largest absolute Gasteiger partial charge is 0.434 e. The Hall–Kier alpha value is -1.59. The summed E-state index contributed by atoms with van der Waals surface area (Å²) in [4.78, 5) is 7.02. The molecule has 0 saturated heterocycles. The molecule has 0 atom stereocenters. The quantitative estimate of drug-likeness (QED) is 0.696. The van der Waals surface area contributed by atoms with Crippen LogP contribution in [0, 0.1) is 0 Å². The van der Waals surface area contributed by atoms with Crippen molar-refractivity contribution in [1.29, 1.82) is 0 Å². The summed E-state index contributed by atoms with van der Waals surface area (Å²) in [7, 11) is 0. The number of nitrogens with one attached hydrogen (secondary N) is 1. The summed E-state index contributed by atoms with van der Waals surface area (Å²) in [6, 6.07) is 1.50. The number of halogens is 3. The number of hydrogen-bond acceptors (Lipinski definition) is 3. The first kappa shape index (κ1) is 8.98. The van der Waals surface area contributed by atoms with Gasteiger partial charge in [0, 0.05) is 23.7 Å². The number of rotatable bonds is 0. The maximum Gasteiger partial charge on any atom is 0.434 e. The van der Waals surface area contributed by atoms with Crippen LogP contribution < -0.4 is 5.32 Å². The smallest absolute Gasteiger partial charge is 0.366 e. The molecule has 2 rings (SSSR count). The third-order valence-electron chi connectivity index (χ3n) is 1.84. The Morgan fingerprint density at radius 2 is 2.14 bits per heavy atom. The molecule has 0 unspecified atom stereocenters. The lowest BCUT2D eigenvalue weighted by molar-refractivity contribution is -0.141. The average molecular weight is 201 g/mol. The van der Waals surface area contributed by atoms with Crippen LogP contribution in [0.2, 0.25) is 0 Å². The van der Waals surface area contributed by atoms with E-state index in [0.29, 0.717) is 12.4 Å². The molecule has 74 valence electrons. The average Bonchev–Trinajstić information content (AvgIpc) is 2.15. The van der Waals surface area contributed by atoms with Crippen molar-refractivity contribution in [3.63, 3.8) is 0 Å². The lowest BCUT2D eigenvalue weighted by Gasteiger charge is -2.16. The number of pyridine rings is 1. The molecule has 0 fully saturated rings. The second kappa shape index (κ2) is 2.97. The normalized spacial score (nSPS) is 14.8. The molecular formula is C8H6F3N3. The van der Waals surface area contributed by atoms with Crippen LogP contribution in [0.1, 0.15) is 11.3 Å². The van der Waals surface area contributed by atoms with Gasteiger partial charge in [-0.25, -0.2) is 0 Å². The van der Waals surface area contributed by atoms with Crippen LogP contribution >= 0.6 is 0 Å². The van der Waals surface area contributed by atoms with Crippen molar-refractivity contribution in [2.75, 3.05) is 12.0 Å². The van der Waals surface area contributed by atoms with Crippen LogP contribution in [0.15, 0.2) is 17.3 Å². The Balaban J connectivity index is 2.58. The highest BCUT2D eigenvalue weighted by atomic mass is 19.4. The molecule has 0 aliphatic carbocycles. The second-order valence-electron chi connectivity index (χ2n) is 2.77. The third-order valence-corrected chi connectivity index (χ3v) is 1.84. The summed E-state index contributed by atoms with van der Waals surface area (Å²) < 4.78 is 37.3. The zero-order chi connectivity index (χ0) is 10.2. The lowest BCUT2D eigenvalue weighted by atomic mass is 10.1. The molecule has 1 aliphatic rings. The molecule has 0 spiro atoms. The van der Waals surface area contributed by atoms with Crippen molar-refractivity contribution in [2.45, 2.75) is 6.18 Å². The zero-order valence-corrected chi connectivity index (χ0v) is 6.97. The van der Waals surface area contributed by atoms with Crippen LogP contribution in [0.25, 0.3) is 0 Å². The van der Waals surface area contributed by atoms with Crippen molar-refractivity contribution in [3.05, 3.63) is 23.5 Å². The standard InChI is InChI=1S/C8H6F3N3/c9-8(10,11)7-5-3-12-4-14-6(5)1-2-13-7/h1-3,14H,4H2. The Kier molecular flexibility index (Phi) is 1.90. The molecular weight excluding hydrogens is 195 g/mol. The minimum Gasteiger partial charge on any atom is -0.366 e. The fraction of sp³-hybridized carbons (Fsp3) is 0.250. The van der Waals surface area contributed by atoms with E-state index in [-0.39, 0.29) is 5.56 Å². The molecule has 1 aromatic heterocycles. The van der Waals surface area contributed by atoms with Crippen molar-refractivity contribution in [3.8, 4) is 0 Å². The summed E-state index contributed by atoms with van der Waals surface area (Å²) >= 11 is 0. The first-order chi connectivity index (χ1) is 6.59. The van der Waals surface area contributed by atoms with Crippen molar-refractivity contribution in [2.24, 2.45) is 4.99 Å². The summed E-state index contributed by atoms with van der Waals surface area (Å²) in [5, 5.41) is 2.74. The molecule has 6 heteroatoms. The number of aromatic nitrogens is 1. The fourth-order valence-electron chi connectivity index (χ4n) is 1.25. The molecule has 0 saturated carbocycles. The van der Waals surface area contributed by atoms with E-state index in [1.807, 2.05) is 0 Å². The highest BCUT2D eigenvalue weighted by Crippen LogP contribution is 2.32. The van der Waals surface area contributed by atoms with Crippen molar-refractivity contribution >= 4 is 11.9 Å². The Morgan fingerprint density at radius 1 is 1.36 bits per heavy atom. The molecule has 0 amide bonds. The fourth-order valence-corrected chi connectivity index (χ4v) is 1.25. The highest BCUT2D eigenvalue weighted by Gasteiger charge is 2.36. The van der Waals surface area contributed by atoms with Gasteiger partial charge in [0.25, 0.3) is 0 Å². The van der Waals surface area contributed by atoms with Gasteiger partial charge in [0.2, 0.25) is 0 Å². The predicted molar refractivity (Wildman–Crippen MR) is 45.3 cm³/mol. The molecule has 14 heavy (non-hydrogen) atoms. The van der Waals surface area contributed by atoms with Gasteiger partial charge in [0.05, 0.1) is 0 Å². The van der Waals surface area contributed by atoms with Gasteiger partial charge < -0.3 is 5.32 Å². The van der Waals surface area contributed by atoms with Gasteiger partial charge in [-0.3, -0.25) is 9.98 Å². The molecule has 0 radical (unpaired) electrons. The number of hydrogen-bond donors (Lipinski definition) is 1. The highest BCUT2D eigenvalue weighted by molar-refractivity contribution is 5.90. The zero-order valence-electron chi connectivity index (χ0n) is 6.97. The predicted octanol–water partition coefficient (Wildman–Crippen LogP) is 1.90. The Bertz CT molecular complexity index is 384. The van der Waals surface area contributed by atoms with E-state index in [4.69, 9.17) is 0 Å². The summed E-state index contributed by atoms with van der Waals surface area (Å²) in [5.74, 6) is 0. The van der Waals surface area contributed by atoms with Crippen LogP contribution in [0.4, 0.5) is 18.9 Å². The van der Waals surface area contributed by atoms with E-state index < -0.39 is 11.9 Å². The molecule has 1 N–H and O–H groups in total. The Morgan fingerprint density at radius 3 is 2.86 bits per heavy atom.